The molecule has 1 aliphatic rings. The fraction of sp³-hybridized carbons (Fsp3) is 0.377. The van der Waals surface area contributed by atoms with Gasteiger partial charge in [-0.15, -0.1) is 53.8 Å². The molecule has 0 radical (unpaired) electrons. The number of rotatable bonds is 7. The second-order valence-electron chi connectivity index (χ2n) is 24.2. The van der Waals surface area contributed by atoms with Gasteiger partial charge in [0, 0.05) is 61.1 Å². The zero-order valence-corrected chi connectivity index (χ0v) is 45.3. The van der Waals surface area contributed by atoms with E-state index in [9.17, 15) is 0 Å². The van der Waals surface area contributed by atoms with E-state index in [1.54, 1.807) is 0 Å². The first kappa shape index (κ1) is 49.8. The van der Waals surface area contributed by atoms with E-state index in [1.165, 1.54) is 28.0 Å². The van der Waals surface area contributed by atoms with Crippen molar-refractivity contribution in [3.63, 3.8) is 0 Å². The fourth-order valence-corrected chi connectivity index (χ4v) is 8.98. The number of pyridine rings is 1. The van der Waals surface area contributed by atoms with Crippen LogP contribution in [-0.4, -0.2) is 9.55 Å². The number of allylic oxidation sites excluding steroid dienone is 1. The van der Waals surface area contributed by atoms with Gasteiger partial charge in [-0.05, 0) is 91.2 Å². The summed E-state index contributed by atoms with van der Waals surface area (Å²) in [7, 11) is 0. The third-order valence-electron chi connectivity index (χ3n) is 13.3. The number of ether oxygens (including phenoxy) is 1. The minimum atomic E-state index is -0.401. The van der Waals surface area contributed by atoms with Crippen LogP contribution in [0.2, 0.25) is 0 Å². The molecule has 2 aromatic heterocycles. The van der Waals surface area contributed by atoms with E-state index in [2.05, 4.69) is 260 Å². The van der Waals surface area contributed by atoms with Crippen LogP contribution in [0.1, 0.15) is 151 Å². The monoisotopic (exact) mass is 1070 g/mol. The maximum atomic E-state index is 7.18. The van der Waals surface area contributed by atoms with Gasteiger partial charge in [-0.3, -0.25) is 0 Å². The average molecular weight is 1070 g/mol. The van der Waals surface area contributed by atoms with Crippen LogP contribution in [0.15, 0.2) is 121 Å². The first-order chi connectivity index (χ1) is 30.6. The molecule has 0 saturated heterocycles. The fourth-order valence-electron chi connectivity index (χ4n) is 8.98. The molecule has 6 heteroatoms. The molecule has 0 amide bonds. The molecular weight excluding hydrogens is 1000 g/mol. The summed E-state index contributed by atoms with van der Waals surface area (Å²) in [4.78, 5) is 9.63. The van der Waals surface area contributed by atoms with E-state index >= 15 is 0 Å². The number of benzene rings is 5. The van der Waals surface area contributed by atoms with Crippen LogP contribution in [-0.2, 0) is 48.1 Å². The number of fused-ring (bicyclic) bond motifs is 3. The Morgan fingerprint density at radius 2 is 1.10 bits per heavy atom. The van der Waals surface area contributed by atoms with Gasteiger partial charge in [-0.1, -0.05) is 183 Å². The van der Waals surface area contributed by atoms with E-state index in [0.29, 0.717) is 11.5 Å². The summed E-state index contributed by atoms with van der Waals surface area (Å²) < 4.78 is 9.45. The van der Waals surface area contributed by atoms with Crippen molar-refractivity contribution in [1.29, 1.82) is 0 Å². The summed E-state index contributed by atoms with van der Waals surface area (Å²) in [5.74, 6) is 2.11. The Balaban J connectivity index is 0.00000666. The topological polar surface area (TPSA) is 33.5 Å². The molecule has 5 aromatic carbocycles. The summed E-state index contributed by atoms with van der Waals surface area (Å²) in [5.41, 5.74) is 11.8. The minimum Gasteiger partial charge on any atom is -0.509 e. The van der Waals surface area contributed by atoms with Crippen molar-refractivity contribution < 1.29 is 25.8 Å². The molecule has 0 unspecified atom stereocenters. The summed E-state index contributed by atoms with van der Waals surface area (Å²) in [6.07, 6.45) is 4.23. The zero-order valence-electron chi connectivity index (χ0n) is 43.1. The predicted molar refractivity (Wildman–Crippen MR) is 279 cm³/mol. The smallest absolute Gasteiger partial charge is 0.135 e. The molecule has 67 heavy (non-hydrogen) atoms. The van der Waals surface area contributed by atoms with E-state index in [1.807, 2.05) is 6.20 Å². The van der Waals surface area contributed by atoms with Gasteiger partial charge in [0.05, 0.1) is 0 Å². The largest absolute Gasteiger partial charge is 0.509 e. The molecule has 3 heterocycles. The van der Waals surface area contributed by atoms with Crippen molar-refractivity contribution in [1.82, 2.24) is 9.55 Å². The number of hydrogen-bond acceptors (Lipinski definition) is 4. The Hall–Kier alpha value is -5.12. The van der Waals surface area contributed by atoms with Gasteiger partial charge in [0.1, 0.15) is 5.82 Å². The Morgan fingerprint density at radius 3 is 1.70 bits per heavy atom. The third-order valence-corrected chi connectivity index (χ3v) is 13.3. The first-order valence-corrected chi connectivity index (χ1v) is 23.7. The molecule has 0 fully saturated rings. The number of nitrogens with zero attached hydrogens (tertiary/aromatic N) is 4. The van der Waals surface area contributed by atoms with Gasteiger partial charge in [0.2, 0.25) is 0 Å². The molecule has 1 aliphatic heterocycles. The number of aromatic nitrogens is 2. The van der Waals surface area contributed by atoms with E-state index in [4.69, 9.17) is 9.72 Å². The van der Waals surface area contributed by atoms with Crippen LogP contribution in [0.25, 0.3) is 27.6 Å². The average Bonchev–Trinajstić information content (AvgIpc) is 3.83. The standard InChI is InChI=1S/C61H71N4O.Pt/c1-56(2,3)41-27-28-62-54(34-41)65-51-26-22-21-25-49(51)55-50(61(16,17)40-23-19-18-20-24-40)36-48(37-52(55)65)66-47-33-44(59(10,11)12)32-46(35-47)64-39-63(38-53(64)60(13,14)15)45-30-42(57(4,5)6)29-43(31-45)58(7,8)9;/h18-34,36,38-39H,1-17H3;/q-3;. The third kappa shape index (κ3) is 9.92. The molecule has 8 rings (SSSR count). The van der Waals surface area contributed by atoms with Crippen molar-refractivity contribution in [2.75, 3.05) is 9.80 Å². The van der Waals surface area contributed by atoms with Crippen LogP contribution >= 0.6 is 0 Å². The Morgan fingerprint density at radius 1 is 0.537 bits per heavy atom. The normalized spacial score (nSPS) is 14.2. The van der Waals surface area contributed by atoms with E-state index in [0.717, 1.165) is 50.1 Å². The Kier molecular flexibility index (Phi) is 13.0. The van der Waals surface area contributed by atoms with Gasteiger partial charge in [-0.25, -0.2) is 4.98 Å². The Labute approximate surface area is 416 Å². The van der Waals surface area contributed by atoms with Gasteiger partial charge in [0.15, 0.2) is 0 Å². The molecule has 7 aromatic rings. The number of hydrogen-bond donors (Lipinski definition) is 0. The van der Waals surface area contributed by atoms with Crippen LogP contribution < -0.4 is 14.5 Å². The van der Waals surface area contributed by atoms with Gasteiger partial charge < -0.3 is 19.1 Å². The van der Waals surface area contributed by atoms with Gasteiger partial charge in [-0.2, -0.15) is 0 Å². The van der Waals surface area contributed by atoms with Crippen molar-refractivity contribution in [3.05, 3.63) is 173 Å². The van der Waals surface area contributed by atoms with E-state index < -0.39 is 5.41 Å². The molecular formula is C61H71N4OPt-3. The molecule has 0 atom stereocenters. The van der Waals surface area contributed by atoms with Crippen molar-refractivity contribution in [2.45, 2.75) is 145 Å². The van der Waals surface area contributed by atoms with Gasteiger partial charge >= 0.3 is 0 Å². The quantitative estimate of drug-likeness (QED) is 0.149. The summed E-state index contributed by atoms with van der Waals surface area (Å²) >= 11 is 0. The minimum absolute atomic E-state index is 0. The molecule has 0 saturated carbocycles. The summed E-state index contributed by atoms with van der Waals surface area (Å²) in [5, 5.41) is 2.29. The predicted octanol–water partition coefficient (Wildman–Crippen LogP) is 16.4. The molecule has 5 nitrogen and oxygen atoms in total. The molecule has 0 aliphatic carbocycles. The van der Waals surface area contributed by atoms with Crippen molar-refractivity contribution in [2.24, 2.45) is 5.41 Å². The van der Waals surface area contributed by atoms with Crippen LogP contribution in [0.5, 0.6) is 11.5 Å². The van der Waals surface area contributed by atoms with Crippen LogP contribution in [0, 0.1) is 24.2 Å². The maximum Gasteiger partial charge on any atom is 0.135 e. The second-order valence-corrected chi connectivity index (χ2v) is 24.2. The molecule has 0 N–H and O–H groups in total. The van der Waals surface area contributed by atoms with Crippen molar-refractivity contribution >= 4 is 33.2 Å². The molecule has 0 spiro atoms. The SMILES string of the molecule is CC(C)(C)C1=CN(c2cc(C(C)(C)C)cc(C(C)(C)C)c2)[CH-]N1c1[c-]c(Oc2[c-]c3c(c(C(C)(C)c4ccccc4)c2)c2ccccc2n3-c2cc(C(C)(C)C)ccn2)cc(C(C)(C)C)c1.[Pt]. The van der Waals surface area contributed by atoms with Gasteiger partial charge in [0.25, 0.3) is 0 Å². The number of anilines is 2. The van der Waals surface area contributed by atoms with E-state index in [-0.39, 0.29) is 48.1 Å². The summed E-state index contributed by atoms with van der Waals surface area (Å²) in [6.45, 7) is 41.0. The van der Waals surface area contributed by atoms with Crippen molar-refractivity contribution in [3.8, 4) is 17.3 Å². The first-order valence-electron chi connectivity index (χ1n) is 23.7. The zero-order chi connectivity index (χ0) is 47.9. The number of para-hydroxylation sites is 1. The summed E-state index contributed by atoms with van der Waals surface area (Å²) in [6, 6.07) is 45.2. The van der Waals surface area contributed by atoms with Crippen LogP contribution in [0.3, 0.4) is 0 Å². The van der Waals surface area contributed by atoms with Crippen LogP contribution in [0.4, 0.5) is 11.4 Å². The molecule has 0 bridgehead atoms. The second kappa shape index (κ2) is 17.4. The Bertz CT molecular complexity index is 2940. The maximum absolute atomic E-state index is 7.18. The molecule has 354 valence electrons.